The standard InChI is InChI=1S/C14H21NOS/c16-14(7-1-2-8-14)10-15-13(11-5-6-11)12-4-3-9-17-12/h3-4,9,11,13,15-16H,1-2,5-8,10H2. The maximum atomic E-state index is 10.4. The van der Waals surface area contributed by atoms with E-state index in [-0.39, 0.29) is 0 Å². The second-order valence-corrected chi connectivity index (χ2v) is 6.62. The maximum absolute atomic E-state index is 10.4. The van der Waals surface area contributed by atoms with Gasteiger partial charge in [-0.3, -0.25) is 0 Å². The number of aliphatic hydroxyl groups is 1. The third-order valence-corrected chi connectivity index (χ3v) is 5.08. The van der Waals surface area contributed by atoms with E-state index in [4.69, 9.17) is 0 Å². The monoisotopic (exact) mass is 251 g/mol. The summed E-state index contributed by atoms with van der Waals surface area (Å²) in [5.74, 6) is 0.804. The van der Waals surface area contributed by atoms with E-state index >= 15 is 0 Å². The Labute approximate surface area is 107 Å². The Morgan fingerprint density at radius 3 is 2.76 bits per heavy atom. The van der Waals surface area contributed by atoms with E-state index < -0.39 is 5.60 Å². The topological polar surface area (TPSA) is 32.3 Å². The Balaban J connectivity index is 1.61. The molecule has 0 saturated heterocycles. The highest BCUT2D eigenvalue weighted by Gasteiger charge is 2.36. The van der Waals surface area contributed by atoms with Gasteiger partial charge in [0.2, 0.25) is 0 Å². The van der Waals surface area contributed by atoms with Crippen molar-refractivity contribution < 1.29 is 5.11 Å². The highest BCUT2D eigenvalue weighted by atomic mass is 32.1. The summed E-state index contributed by atoms with van der Waals surface area (Å²) in [6, 6.07) is 4.83. The van der Waals surface area contributed by atoms with Crippen molar-refractivity contribution in [2.24, 2.45) is 5.92 Å². The third kappa shape index (κ3) is 2.72. The fraction of sp³-hybridized carbons (Fsp3) is 0.714. The van der Waals surface area contributed by atoms with Gasteiger partial charge in [0.25, 0.3) is 0 Å². The van der Waals surface area contributed by atoms with Crippen LogP contribution in [-0.4, -0.2) is 17.3 Å². The lowest BCUT2D eigenvalue weighted by Crippen LogP contribution is -2.40. The molecule has 0 spiro atoms. The van der Waals surface area contributed by atoms with E-state index in [1.54, 1.807) is 0 Å². The minimum Gasteiger partial charge on any atom is -0.389 e. The van der Waals surface area contributed by atoms with E-state index in [2.05, 4.69) is 22.8 Å². The van der Waals surface area contributed by atoms with Crippen molar-refractivity contribution in [3.63, 3.8) is 0 Å². The minimum absolute atomic E-state index is 0.426. The van der Waals surface area contributed by atoms with Crippen molar-refractivity contribution in [1.29, 1.82) is 0 Å². The molecule has 2 nitrogen and oxygen atoms in total. The van der Waals surface area contributed by atoms with E-state index in [1.165, 1.54) is 30.6 Å². The van der Waals surface area contributed by atoms with Crippen molar-refractivity contribution in [2.45, 2.75) is 50.2 Å². The van der Waals surface area contributed by atoms with E-state index in [0.717, 1.165) is 25.3 Å². The molecule has 2 aliphatic rings. The molecule has 0 amide bonds. The van der Waals surface area contributed by atoms with Crippen LogP contribution in [0.5, 0.6) is 0 Å². The molecule has 1 atom stereocenters. The molecule has 3 heteroatoms. The van der Waals surface area contributed by atoms with Crippen LogP contribution in [0.2, 0.25) is 0 Å². The molecular weight excluding hydrogens is 230 g/mol. The maximum Gasteiger partial charge on any atom is 0.0771 e. The molecule has 1 heterocycles. The number of hydrogen-bond donors (Lipinski definition) is 2. The van der Waals surface area contributed by atoms with Crippen LogP contribution < -0.4 is 5.32 Å². The fourth-order valence-electron chi connectivity index (χ4n) is 2.91. The van der Waals surface area contributed by atoms with Gasteiger partial charge in [-0.2, -0.15) is 0 Å². The first kappa shape index (κ1) is 11.7. The summed E-state index contributed by atoms with van der Waals surface area (Å²) in [6.07, 6.45) is 7.00. The molecule has 1 aromatic rings. The van der Waals surface area contributed by atoms with Gasteiger partial charge in [0, 0.05) is 17.5 Å². The van der Waals surface area contributed by atoms with Gasteiger partial charge >= 0.3 is 0 Å². The minimum atomic E-state index is -0.426. The van der Waals surface area contributed by atoms with Gasteiger partial charge in [-0.25, -0.2) is 0 Å². The Morgan fingerprint density at radius 1 is 1.41 bits per heavy atom. The van der Waals surface area contributed by atoms with Crippen LogP contribution in [-0.2, 0) is 0 Å². The van der Waals surface area contributed by atoms with Crippen molar-refractivity contribution in [3.05, 3.63) is 22.4 Å². The van der Waals surface area contributed by atoms with E-state index in [1.807, 2.05) is 11.3 Å². The van der Waals surface area contributed by atoms with Gasteiger partial charge in [-0.1, -0.05) is 18.9 Å². The second-order valence-electron chi connectivity index (χ2n) is 5.64. The summed E-state index contributed by atoms with van der Waals surface area (Å²) in [4.78, 5) is 1.44. The molecule has 0 aromatic carbocycles. The molecule has 94 valence electrons. The van der Waals surface area contributed by atoms with Crippen LogP contribution in [0.1, 0.15) is 49.4 Å². The number of rotatable bonds is 5. The van der Waals surface area contributed by atoms with Crippen LogP contribution in [0.4, 0.5) is 0 Å². The van der Waals surface area contributed by atoms with Gasteiger partial charge < -0.3 is 10.4 Å². The van der Waals surface area contributed by atoms with Gasteiger partial charge in [-0.05, 0) is 43.0 Å². The first-order chi connectivity index (χ1) is 8.27. The molecule has 1 aromatic heterocycles. The second kappa shape index (κ2) is 4.71. The molecule has 2 N–H and O–H groups in total. The SMILES string of the molecule is OC1(CNC(c2cccs2)C2CC2)CCCC1. The summed E-state index contributed by atoms with van der Waals surface area (Å²) in [5.41, 5.74) is -0.426. The fourth-order valence-corrected chi connectivity index (χ4v) is 3.80. The van der Waals surface area contributed by atoms with Crippen LogP contribution in [0, 0.1) is 5.92 Å². The summed E-state index contributed by atoms with van der Waals surface area (Å²) < 4.78 is 0. The zero-order chi connectivity index (χ0) is 11.7. The average Bonchev–Trinajstić information content (AvgIpc) is 2.84. The first-order valence-electron chi connectivity index (χ1n) is 6.76. The van der Waals surface area contributed by atoms with Gasteiger partial charge in [0.1, 0.15) is 0 Å². The Bertz CT molecular complexity index is 352. The summed E-state index contributed by atoms with van der Waals surface area (Å²) in [5, 5.41) is 16.2. The van der Waals surface area contributed by atoms with Gasteiger partial charge in [-0.15, -0.1) is 11.3 Å². The predicted octanol–water partition coefficient (Wildman–Crippen LogP) is 3.09. The Kier molecular flexibility index (Phi) is 3.24. The van der Waals surface area contributed by atoms with Crippen LogP contribution in [0.3, 0.4) is 0 Å². The molecule has 0 radical (unpaired) electrons. The Morgan fingerprint density at radius 2 is 2.18 bits per heavy atom. The largest absolute Gasteiger partial charge is 0.389 e. The van der Waals surface area contributed by atoms with E-state index in [9.17, 15) is 5.11 Å². The van der Waals surface area contributed by atoms with Crippen molar-refractivity contribution in [3.8, 4) is 0 Å². The lowest BCUT2D eigenvalue weighted by molar-refractivity contribution is 0.0441. The molecule has 17 heavy (non-hydrogen) atoms. The highest BCUT2D eigenvalue weighted by molar-refractivity contribution is 7.10. The van der Waals surface area contributed by atoms with Gasteiger partial charge in [0.05, 0.1) is 5.60 Å². The summed E-state index contributed by atoms with van der Waals surface area (Å²) in [6.45, 7) is 0.770. The normalized spacial score (nSPS) is 25.0. The Hall–Kier alpha value is -0.380. The number of nitrogens with one attached hydrogen (secondary N) is 1. The van der Waals surface area contributed by atoms with Crippen LogP contribution in [0.25, 0.3) is 0 Å². The molecule has 2 saturated carbocycles. The highest BCUT2D eigenvalue weighted by Crippen LogP contribution is 2.42. The molecule has 0 bridgehead atoms. The van der Waals surface area contributed by atoms with Crippen molar-refractivity contribution in [2.75, 3.05) is 6.54 Å². The van der Waals surface area contributed by atoms with Crippen LogP contribution in [0.15, 0.2) is 17.5 Å². The summed E-state index contributed by atoms with van der Waals surface area (Å²) >= 11 is 1.84. The third-order valence-electron chi connectivity index (χ3n) is 4.13. The smallest absolute Gasteiger partial charge is 0.0771 e. The zero-order valence-corrected chi connectivity index (χ0v) is 11.0. The molecule has 0 aliphatic heterocycles. The molecule has 3 rings (SSSR count). The lowest BCUT2D eigenvalue weighted by Gasteiger charge is -2.26. The molecule has 1 unspecified atom stereocenters. The van der Waals surface area contributed by atoms with Gasteiger partial charge in [0.15, 0.2) is 0 Å². The molecule has 2 aliphatic carbocycles. The number of thiophene rings is 1. The predicted molar refractivity (Wildman–Crippen MR) is 71.2 cm³/mol. The quantitative estimate of drug-likeness (QED) is 0.843. The molecule has 2 fully saturated rings. The summed E-state index contributed by atoms with van der Waals surface area (Å²) in [7, 11) is 0. The van der Waals surface area contributed by atoms with E-state index in [0.29, 0.717) is 6.04 Å². The average molecular weight is 251 g/mol. The molecular formula is C14H21NOS. The zero-order valence-electron chi connectivity index (χ0n) is 10.2. The first-order valence-corrected chi connectivity index (χ1v) is 7.64. The lowest BCUT2D eigenvalue weighted by atomic mass is 10.0. The van der Waals surface area contributed by atoms with Crippen molar-refractivity contribution >= 4 is 11.3 Å². The van der Waals surface area contributed by atoms with Crippen molar-refractivity contribution in [1.82, 2.24) is 5.32 Å². The number of hydrogen-bond acceptors (Lipinski definition) is 3. The van der Waals surface area contributed by atoms with Crippen LogP contribution >= 0.6 is 11.3 Å².